The normalized spacial score (nSPS) is 13.4. The molecule has 0 bridgehead atoms. The predicted octanol–water partition coefficient (Wildman–Crippen LogP) is 21.2. The van der Waals surface area contributed by atoms with E-state index in [0.29, 0.717) is 0 Å². The van der Waals surface area contributed by atoms with Crippen LogP contribution in [0.4, 0.5) is 11.4 Å². The maximum atomic E-state index is 3.84. The van der Waals surface area contributed by atoms with E-state index in [1.54, 1.807) is 0 Å². The molecule has 13 rings (SSSR count). The van der Waals surface area contributed by atoms with Crippen LogP contribution in [0.5, 0.6) is 0 Å². The number of para-hydroxylation sites is 2. The summed E-state index contributed by atoms with van der Waals surface area (Å²) in [7, 11) is 0. The van der Waals surface area contributed by atoms with Crippen molar-refractivity contribution in [2.24, 2.45) is 0 Å². The van der Waals surface area contributed by atoms with Gasteiger partial charge in [-0.15, -0.1) is 0 Å². The number of H-pyrrole nitrogens is 1. The number of nitrogens with zero attached hydrogens (tertiary/aromatic N) is 1. The quantitative estimate of drug-likeness (QED) is 0.153. The molecule has 0 unspecified atom stereocenters. The second-order valence-corrected chi connectivity index (χ2v) is 18.2. The largest absolute Gasteiger partial charge is 0.357 e. The van der Waals surface area contributed by atoms with Crippen molar-refractivity contribution in [1.82, 2.24) is 9.55 Å². The number of aromatic nitrogens is 2. The van der Waals surface area contributed by atoms with E-state index in [1.165, 1.54) is 105 Å². The summed E-state index contributed by atoms with van der Waals surface area (Å²) >= 11 is 0. The van der Waals surface area contributed by atoms with Crippen molar-refractivity contribution in [3.05, 3.63) is 234 Å². The van der Waals surface area contributed by atoms with Crippen molar-refractivity contribution in [3.63, 3.8) is 0 Å². The molecule has 0 saturated carbocycles. The maximum Gasteiger partial charge on any atom is 0.0548 e. The predicted molar refractivity (Wildman–Crippen MR) is 327 cm³/mol. The lowest BCUT2D eigenvalue weighted by Gasteiger charge is -2.14. The second kappa shape index (κ2) is 25.7. The molecule has 0 aliphatic heterocycles. The molecule has 3 nitrogen and oxygen atoms in total. The van der Waals surface area contributed by atoms with Crippen molar-refractivity contribution in [1.29, 1.82) is 0 Å². The highest BCUT2D eigenvalue weighted by Crippen LogP contribution is 2.45. The van der Waals surface area contributed by atoms with Gasteiger partial charge < -0.3 is 14.9 Å². The van der Waals surface area contributed by atoms with Gasteiger partial charge in [0.1, 0.15) is 0 Å². The van der Waals surface area contributed by atoms with E-state index in [1.807, 2.05) is 48.5 Å². The lowest BCUT2D eigenvalue weighted by atomic mass is 9.90. The maximum absolute atomic E-state index is 3.84. The summed E-state index contributed by atoms with van der Waals surface area (Å²) in [5.74, 6) is 0. The van der Waals surface area contributed by atoms with Crippen LogP contribution in [0.25, 0.3) is 83.4 Å². The fraction of sp³-hybridized carbons (Fsp3) is 0.211. The number of rotatable bonds is 7. The van der Waals surface area contributed by atoms with Gasteiger partial charge in [-0.3, -0.25) is 0 Å². The molecular weight excluding hydrogens is 895 g/mol. The fourth-order valence-corrected chi connectivity index (χ4v) is 10.6. The van der Waals surface area contributed by atoms with Gasteiger partial charge in [-0.1, -0.05) is 218 Å². The molecule has 4 aliphatic carbocycles. The number of benzene rings is 7. The van der Waals surface area contributed by atoms with Crippen molar-refractivity contribution < 1.29 is 0 Å². The molecule has 7 aromatic carbocycles. The summed E-state index contributed by atoms with van der Waals surface area (Å²) in [4.78, 5) is 3.84. The van der Waals surface area contributed by atoms with Crippen molar-refractivity contribution in [2.45, 2.75) is 100 Å². The molecule has 9 aromatic rings. The van der Waals surface area contributed by atoms with Crippen molar-refractivity contribution in [3.8, 4) is 33.4 Å². The van der Waals surface area contributed by atoms with Gasteiger partial charge in [0, 0.05) is 56.5 Å². The minimum Gasteiger partial charge on any atom is -0.357 e. The zero-order valence-corrected chi connectivity index (χ0v) is 45.1. The molecule has 0 radical (unpaired) electrons. The van der Waals surface area contributed by atoms with Gasteiger partial charge in [-0.2, -0.15) is 0 Å². The SMILES string of the molecule is C/C=C\CC.C1=CCC(n2c3ccccc3c3ccccc32)=C1.C1=CCCC(c2ccc(Nc3ccc4c(c3)Cc3cc(-c5ccc6c7c([nH]c6c5-c5ccccc5)CCC=C7)ccc3-4)cc2)=C1.CC.CC.CC. The van der Waals surface area contributed by atoms with E-state index in [4.69, 9.17) is 0 Å². The summed E-state index contributed by atoms with van der Waals surface area (Å²) in [6.45, 7) is 16.2. The number of hydrogen-bond donors (Lipinski definition) is 2. The Morgan fingerprint density at radius 1 is 0.554 bits per heavy atom. The molecule has 0 atom stereocenters. The molecule has 0 amide bonds. The summed E-state index contributed by atoms with van der Waals surface area (Å²) in [5.41, 5.74) is 23.4. The Labute approximate surface area is 442 Å². The Morgan fingerprint density at radius 3 is 1.82 bits per heavy atom. The topological polar surface area (TPSA) is 32.8 Å². The van der Waals surface area contributed by atoms with E-state index in [0.717, 1.165) is 56.3 Å². The number of aryl methyl sites for hydroxylation is 1. The van der Waals surface area contributed by atoms with Gasteiger partial charge in [-0.25, -0.2) is 0 Å². The lowest BCUT2D eigenvalue weighted by molar-refractivity contribution is 0.951. The number of hydrogen-bond acceptors (Lipinski definition) is 1. The lowest BCUT2D eigenvalue weighted by Crippen LogP contribution is -1.93. The third kappa shape index (κ3) is 11.2. The number of aromatic amines is 1. The van der Waals surface area contributed by atoms with E-state index in [2.05, 4.69) is 234 Å². The first-order valence-corrected chi connectivity index (χ1v) is 27.5. The van der Waals surface area contributed by atoms with Gasteiger partial charge in [-0.05, 0) is 138 Å². The van der Waals surface area contributed by atoms with Crippen LogP contribution in [-0.2, 0) is 12.8 Å². The highest BCUT2D eigenvalue weighted by atomic mass is 15.0. The van der Waals surface area contributed by atoms with Crippen LogP contribution in [0.2, 0.25) is 0 Å². The van der Waals surface area contributed by atoms with Crippen LogP contribution >= 0.6 is 0 Å². The average molecular weight is 970 g/mol. The van der Waals surface area contributed by atoms with Crippen LogP contribution in [0.3, 0.4) is 0 Å². The van der Waals surface area contributed by atoms with E-state index in [-0.39, 0.29) is 0 Å². The Hall–Kier alpha value is -7.88. The summed E-state index contributed by atoms with van der Waals surface area (Å²) in [6.07, 6.45) is 29.5. The molecular formula is C71H75N3. The molecule has 4 aliphatic rings. The number of anilines is 2. The average Bonchev–Trinajstić information content (AvgIpc) is 4.30. The first kappa shape index (κ1) is 52.4. The summed E-state index contributed by atoms with van der Waals surface area (Å²) in [6, 6.07) is 55.5. The highest BCUT2D eigenvalue weighted by Gasteiger charge is 2.23. The van der Waals surface area contributed by atoms with Crippen molar-refractivity contribution in [2.75, 3.05) is 5.32 Å². The molecule has 0 spiro atoms. The van der Waals surface area contributed by atoms with Gasteiger partial charge in [0.05, 0.1) is 16.6 Å². The van der Waals surface area contributed by atoms with Gasteiger partial charge in [0.15, 0.2) is 0 Å². The van der Waals surface area contributed by atoms with E-state index in [9.17, 15) is 0 Å². The van der Waals surface area contributed by atoms with E-state index >= 15 is 0 Å². The molecule has 0 saturated heterocycles. The monoisotopic (exact) mass is 970 g/mol. The standard InChI is InChI=1S/C43H34N2.C17H13N.C5H10.3C2H6/c1-3-9-28(10-4-1)29-15-18-34(19-16-29)44-35-20-22-37-33(27-35)26-32-25-31(17-21-36(32)37)38-23-24-40-39-13-7-8-14-41(39)45-43(40)42(38)30-11-5-2-6-12-30;1-2-8-13(7-1)18-16-11-5-3-9-14(16)15-10-4-6-12-17(15)18;1-3-5-4-2;3*1-2/h1-3,5-7,9,11-13,15-25,27,44-45H,4,8,10,14,26H2;1-7,9-12H,8H2;3,5H,4H2,1-2H3;3*1-2H3/b;;5-3-;;;. The van der Waals surface area contributed by atoms with Crippen LogP contribution in [0, 0.1) is 0 Å². The summed E-state index contributed by atoms with van der Waals surface area (Å²) < 4.78 is 2.38. The molecule has 2 heterocycles. The molecule has 2 aromatic heterocycles. The minimum atomic E-state index is 0.944. The zero-order chi connectivity index (χ0) is 51.8. The van der Waals surface area contributed by atoms with Gasteiger partial charge in [0.25, 0.3) is 0 Å². The molecule has 374 valence electrons. The van der Waals surface area contributed by atoms with Crippen LogP contribution in [-0.4, -0.2) is 9.55 Å². The Morgan fingerprint density at radius 2 is 1.18 bits per heavy atom. The Bertz CT molecular complexity index is 3450. The minimum absolute atomic E-state index is 0.944. The first-order chi connectivity index (χ1) is 36.6. The zero-order valence-electron chi connectivity index (χ0n) is 45.1. The molecule has 3 heteroatoms. The van der Waals surface area contributed by atoms with Gasteiger partial charge in [0.2, 0.25) is 0 Å². The second-order valence-electron chi connectivity index (χ2n) is 18.2. The Kier molecular flexibility index (Phi) is 18.2. The van der Waals surface area contributed by atoms with Crippen LogP contribution in [0.1, 0.15) is 115 Å². The van der Waals surface area contributed by atoms with Gasteiger partial charge >= 0.3 is 0 Å². The number of allylic oxidation sites excluding steroid dienone is 11. The molecule has 74 heavy (non-hydrogen) atoms. The molecule has 2 N–H and O–H groups in total. The third-order valence-electron chi connectivity index (χ3n) is 13.8. The number of fused-ring (bicyclic) bond motifs is 9. The molecule has 0 fully saturated rings. The number of nitrogens with one attached hydrogen (secondary N) is 2. The third-order valence-corrected chi connectivity index (χ3v) is 13.8. The highest BCUT2D eigenvalue weighted by molar-refractivity contribution is 6.10. The first-order valence-electron chi connectivity index (χ1n) is 27.5. The Balaban J connectivity index is 0.000000207. The smallest absolute Gasteiger partial charge is 0.0548 e. The van der Waals surface area contributed by atoms with Crippen LogP contribution < -0.4 is 5.32 Å². The fourth-order valence-electron chi connectivity index (χ4n) is 10.6. The summed E-state index contributed by atoms with van der Waals surface area (Å²) in [5, 5.41) is 7.63. The van der Waals surface area contributed by atoms with Crippen molar-refractivity contribution >= 4 is 61.4 Å². The van der Waals surface area contributed by atoms with Crippen LogP contribution in [0.15, 0.2) is 206 Å². The van der Waals surface area contributed by atoms with E-state index < -0.39 is 0 Å².